The summed E-state index contributed by atoms with van der Waals surface area (Å²) in [5.74, 6) is -0.380. The van der Waals surface area contributed by atoms with Crippen LogP contribution < -0.4 is 5.32 Å². The summed E-state index contributed by atoms with van der Waals surface area (Å²) in [7, 11) is 6.58. The minimum Gasteiger partial charge on any atom is -0.351 e. The van der Waals surface area contributed by atoms with Crippen LogP contribution in [0, 0.1) is 0 Å². The van der Waals surface area contributed by atoms with Crippen LogP contribution in [-0.2, 0) is 19.2 Å². The van der Waals surface area contributed by atoms with Gasteiger partial charge in [-0.2, -0.15) is 0 Å². The zero-order chi connectivity index (χ0) is 22.7. The molecule has 0 fully saturated rings. The number of hydroxylamine groups is 4. The lowest BCUT2D eigenvalue weighted by molar-refractivity contribution is -0.124. The second-order valence-corrected chi connectivity index (χ2v) is 5.76. The minimum absolute atomic E-state index is 0.0814. The van der Waals surface area contributed by atoms with Gasteiger partial charge in [-0.15, -0.1) is 0 Å². The number of hydrogen-bond donors (Lipinski definition) is 3. The summed E-state index contributed by atoms with van der Waals surface area (Å²) >= 11 is 0. The molecule has 29 heavy (non-hydrogen) atoms. The van der Waals surface area contributed by atoms with Gasteiger partial charge < -0.3 is 10.2 Å². The molecule has 0 aromatic carbocycles. The van der Waals surface area contributed by atoms with E-state index in [0.717, 1.165) is 18.0 Å². The predicted octanol–water partition coefficient (Wildman–Crippen LogP) is 0.160. The van der Waals surface area contributed by atoms with Gasteiger partial charge in [-0.25, -0.2) is 0 Å². The van der Waals surface area contributed by atoms with Gasteiger partial charge in [0.15, 0.2) is 6.29 Å². The SMILES string of the molecule is CN(C)CCCNC(=O)/C(=C/C=C\C=O)N(C)O.CN(O)/C(C=O)=C\C=C/C=O. The van der Waals surface area contributed by atoms with Gasteiger partial charge in [-0.1, -0.05) is 12.2 Å². The number of carbonyl (C=O) groups excluding carboxylic acids is 4. The molecule has 10 nitrogen and oxygen atoms in total. The van der Waals surface area contributed by atoms with Crippen molar-refractivity contribution in [2.24, 2.45) is 0 Å². The second-order valence-electron chi connectivity index (χ2n) is 5.76. The molecule has 10 heteroatoms. The maximum atomic E-state index is 11.7. The summed E-state index contributed by atoms with van der Waals surface area (Å²) in [5.41, 5.74) is 0.168. The molecular weight excluding hydrogens is 380 g/mol. The van der Waals surface area contributed by atoms with Gasteiger partial charge in [0.2, 0.25) is 0 Å². The summed E-state index contributed by atoms with van der Waals surface area (Å²) < 4.78 is 0. The van der Waals surface area contributed by atoms with Crippen molar-refractivity contribution in [1.82, 2.24) is 20.3 Å². The number of nitrogens with zero attached hydrogens (tertiary/aromatic N) is 3. The van der Waals surface area contributed by atoms with E-state index in [0.29, 0.717) is 30.5 Å². The molecule has 0 aromatic rings. The molecule has 0 radical (unpaired) electrons. The Morgan fingerprint density at radius 2 is 1.41 bits per heavy atom. The van der Waals surface area contributed by atoms with Gasteiger partial charge in [0.05, 0.1) is 0 Å². The first-order valence-corrected chi connectivity index (χ1v) is 8.58. The van der Waals surface area contributed by atoms with E-state index in [1.54, 1.807) is 0 Å². The molecule has 0 bridgehead atoms. The normalized spacial score (nSPS) is 11.8. The topological polar surface area (TPSA) is 130 Å². The minimum atomic E-state index is -0.380. The number of aldehydes is 3. The Hall–Kier alpha value is -3.08. The van der Waals surface area contributed by atoms with E-state index >= 15 is 0 Å². The number of rotatable bonds is 12. The van der Waals surface area contributed by atoms with Crippen molar-refractivity contribution < 1.29 is 29.6 Å². The third-order valence-corrected chi connectivity index (χ3v) is 3.04. The molecular formula is C19H30N4O6. The number of amides is 1. The van der Waals surface area contributed by atoms with Gasteiger partial charge in [0.1, 0.15) is 24.0 Å². The standard InChI is InChI=1S/C12H21N3O3.C7H9NO3/c1-14(2)9-6-8-13-12(17)11(15(3)18)7-4-5-10-16;1-8(11)7(6-10)4-2-3-5-9/h4-5,7,10,18H,6,8-9H2,1-3H3,(H,13,17);2-6,11H,1H3/b5-4-,11-7-;3-2-,7-4-. The fraction of sp³-hybridized carbons (Fsp3) is 0.368. The molecule has 0 saturated carbocycles. The number of nitrogens with one attached hydrogen (secondary N) is 1. The molecule has 0 rings (SSSR count). The van der Waals surface area contributed by atoms with Crippen molar-refractivity contribution in [3.8, 4) is 0 Å². The zero-order valence-corrected chi connectivity index (χ0v) is 17.2. The van der Waals surface area contributed by atoms with Crippen LogP contribution in [-0.4, -0.2) is 91.5 Å². The van der Waals surface area contributed by atoms with Crippen LogP contribution in [0.5, 0.6) is 0 Å². The second kappa shape index (κ2) is 18.3. The van der Waals surface area contributed by atoms with E-state index < -0.39 is 0 Å². The van der Waals surface area contributed by atoms with Crippen molar-refractivity contribution in [3.63, 3.8) is 0 Å². The summed E-state index contributed by atoms with van der Waals surface area (Å²) in [6.45, 7) is 1.40. The molecule has 162 valence electrons. The third-order valence-electron chi connectivity index (χ3n) is 3.04. The van der Waals surface area contributed by atoms with E-state index in [2.05, 4.69) is 5.32 Å². The van der Waals surface area contributed by atoms with Gasteiger partial charge in [-0.05, 0) is 51.4 Å². The van der Waals surface area contributed by atoms with Crippen LogP contribution in [0.2, 0.25) is 0 Å². The largest absolute Gasteiger partial charge is 0.351 e. The molecule has 0 atom stereocenters. The molecule has 0 heterocycles. The van der Waals surface area contributed by atoms with Crippen LogP contribution in [0.15, 0.2) is 47.9 Å². The molecule has 0 aliphatic carbocycles. The van der Waals surface area contributed by atoms with Crippen LogP contribution in [0.1, 0.15) is 6.42 Å². The lowest BCUT2D eigenvalue weighted by Gasteiger charge is -2.15. The highest BCUT2D eigenvalue weighted by atomic mass is 16.5. The lowest BCUT2D eigenvalue weighted by Crippen LogP contribution is -2.33. The van der Waals surface area contributed by atoms with E-state index in [9.17, 15) is 24.4 Å². The zero-order valence-electron chi connectivity index (χ0n) is 17.2. The first-order chi connectivity index (χ1) is 13.7. The average molecular weight is 410 g/mol. The predicted molar refractivity (Wildman–Crippen MR) is 108 cm³/mol. The third kappa shape index (κ3) is 16.8. The van der Waals surface area contributed by atoms with Crippen LogP contribution >= 0.6 is 0 Å². The molecule has 3 N–H and O–H groups in total. The van der Waals surface area contributed by atoms with E-state index in [1.807, 2.05) is 19.0 Å². The molecule has 0 aromatic heterocycles. The van der Waals surface area contributed by atoms with Gasteiger partial charge >= 0.3 is 0 Å². The van der Waals surface area contributed by atoms with Crippen molar-refractivity contribution in [2.45, 2.75) is 6.42 Å². The Bertz CT molecular complexity index is 622. The Morgan fingerprint density at radius 3 is 1.83 bits per heavy atom. The van der Waals surface area contributed by atoms with Crippen molar-refractivity contribution in [3.05, 3.63) is 47.9 Å². The molecule has 0 unspecified atom stereocenters. The maximum absolute atomic E-state index is 11.7. The Kier molecular flexibility index (Phi) is 17.7. The number of hydrogen-bond acceptors (Lipinski definition) is 9. The Labute approximate surface area is 171 Å². The fourth-order valence-electron chi connectivity index (χ4n) is 1.63. The van der Waals surface area contributed by atoms with Crippen molar-refractivity contribution >= 4 is 24.8 Å². The van der Waals surface area contributed by atoms with Crippen LogP contribution in [0.3, 0.4) is 0 Å². The molecule has 0 saturated heterocycles. The first kappa shape index (κ1) is 28.1. The maximum Gasteiger partial charge on any atom is 0.269 e. The highest BCUT2D eigenvalue weighted by Crippen LogP contribution is 1.99. The fourth-order valence-corrected chi connectivity index (χ4v) is 1.63. The summed E-state index contributed by atoms with van der Waals surface area (Å²) in [4.78, 5) is 43.7. The van der Waals surface area contributed by atoms with Gasteiger partial charge in [0.25, 0.3) is 5.91 Å². The summed E-state index contributed by atoms with van der Waals surface area (Å²) in [5, 5.41) is 22.1. The molecule has 0 spiro atoms. The Morgan fingerprint density at radius 1 is 0.862 bits per heavy atom. The quantitative estimate of drug-likeness (QED) is 0.135. The van der Waals surface area contributed by atoms with Crippen LogP contribution in [0.25, 0.3) is 0 Å². The van der Waals surface area contributed by atoms with E-state index in [-0.39, 0.29) is 17.3 Å². The number of allylic oxidation sites excluding steroid dienone is 7. The van der Waals surface area contributed by atoms with Gasteiger partial charge in [0, 0.05) is 20.6 Å². The molecule has 0 aliphatic heterocycles. The first-order valence-electron chi connectivity index (χ1n) is 8.58. The number of likely N-dealkylation sites (N-methyl/N-ethyl adjacent to an activating group) is 2. The van der Waals surface area contributed by atoms with E-state index in [4.69, 9.17) is 5.21 Å². The smallest absolute Gasteiger partial charge is 0.269 e. The Balaban J connectivity index is 0. The monoisotopic (exact) mass is 410 g/mol. The summed E-state index contributed by atoms with van der Waals surface area (Å²) in [6.07, 6.45) is 10.4. The van der Waals surface area contributed by atoms with E-state index in [1.165, 1.54) is 50.6 Å². The van der Waals surface area contributed by atoms with Crippen LogP contribution in [0.4, 0.5) is 0 Å². The highest BCUT2D eigenvalue weighted by molar-refractivity contribution is 5.92. The highest BCUT2D eigenvalue weighted by Gasteiger charge is 2.11. The van der Waals surface area contributed by atoms with Gasteiger partial charge in [-0.3, -0.25) is 39.7 Å². The number of carbonyl (C=O) groups is 4. The lowest BCUT2D eigenvalue weighted by atomic mass is 10.3. The van der Waals surface area contributed by atoms with Crippen molar-refractivity contribution in [2.75, 3.05) is 41.3 Å². The molecule has 1 amide bonds. The summed E-state index contributed by atoms with van der Waals surface area (Å²) in [6, 6.07) is 0. The molecule has 0 aliphatic rings. The average Bonchev–Trinajstić information content (AvgIpc) is 2.65. The van der Waals surface area contributed by atoms with Crippen molar-refractivity contribution in [1.29, 1.82) is 0 Å².